The quantitative estimate of drug-likeness (QED) is 0.199. The number of para-hydroxylation sites is 2. The Hall–Kier alpha value is -3.79. The molecule has 190 valence electrons. The lowest BCUT2D eigenvalue weighted by molar-refractivity contribution is 0.0991. The van der Waals surface area contributed by atoms with Crippen molar-refractivity contribution in [2.75, 3.05) is 13.2 Å². The average molecular weight is 515 g/mol. The fraction of sp³-hybridized carbons (Fsp3) is 0.250. The minimum Gasteiger partial charge on any atom is -0.490 e. The van der Waals surface area contributed by atoms with Gasteiger partial charge in [0.15, 0.2) is 5.82 Å². The van der Waals surface area contributed by atoms with Crippen LogP contribution in [0.2, 0.25) is 0 Å². The zero-order valence-electron chi connectivity index (χ0n) is 20.8. The summed E-state index contributed by atoms with van der Waals surface area (Å²) in [6, 6.07) is 18.3. The van der Waals surface area contributed by atoms with Crippen LogP contribution < -0.4 is 10.1 Å². The summed E-state index contributed by atoms with van der Waals surface area (Å²) in [5, 5.41) is 31.2. The van der Waals surface area contributed by atoms with E-state index in [0.717, 1.165) is 33.7 Å². The van der Waals surface area contributed by atoms with E-state index in [2.05, 4.69) is 74.5 Å². The number of nitrogens with zero attached hydrogens (tertiary/aromatic N) is 3. The number of H-pyrrole nitrogens is 2. The third-order valence-corrected chi connectivity index (χ3v) is 7.07. The van der Waals surface area contributed by atoms with Crippen LogP contribution >= 0.6 is 11.3 Å². The molecule has 3 aromatic heterocycles. The van der Waals surface area contributed by atoms with Crippen molar-refractivity contribution in [3.63, 3.8) is 0 Å². The Kier molecular flexibility index (Phi) is 7.45. The monoisotopic (exact) mass is 514 g/mol. The molecule has 0 aliphatic rings. The highest BCUT2D eigenvalue weighted by atomic mass is 32.1. The zero-order chi connectivity index (χ0) is 25.7. The summed E-state index contributed by atoms with van der Waals surface area (Å²) in [6.07, 6.45) is 6.05. The number of aliphatic hydroxyl groups excluding tert-OH is 1. The molecule has 0 aliphatic heterocycles. The van der Waals surface area contributed by atoms with Crippen molar-refractivity contribution in [3.05, 3.63) is 83.1 Å². The summed E-state index contributed by atoms with van der Waals surface area (Å²) in [7, 11) is 0. The van der Waals surface area contributed by atoms with Crippen LogP contribution in [0.1, 0.15) is 30.8 Å². The minimum atomic E-state index is -0.638. The van der Waals surface area contributed by atoms with Crippen molar-refractivity contribution in [1.82, 2.24) is 30.9 Å². The van der Waals surface area contributed by atoms with Gasteiger partial charge < -0.3 is 20.1 Å². The normalized spacial score (nSPS) is 12.9. The minimum absolute atomic E-state index is 0.217. The van der Waals surface area contributed by atoms with Crippen LogP contribution in [0.15, 0.2) is 66.2 Å². The van der Waals surface area contributed by atoms with Crippen LogP contribution in [0.5, 0.6) is 5.75 Å². The fourth-order valence-electron chi connectivity index (χ4n) is 4.33. The lowest BCUT2D eigenvalue weighted by atomic mass is 9.94. The number of hydrogen-bond acceptors (Lipinski definition) is 7. The van der Waals surface area contributed by atoms with Crippen LogP contribution in [-0.2, 0) is 6.42 Å². The molecule has 37 heavy (non-hydrogen) atoms. The smallest absolute Gasteiger partial charge is 0.172 e. The number of tetrazole rings is 1. The number of aliphatic hydroxyl groups is 1. The molecule has 8 nitrogen and oxygen atoms in total. The number of ether oxygens (including phenoxy) is 1. The van der Waals surface area contributed by atoms with E-state index < -0.39 is 6.10 Å². The van der Waals surface area contributed by atoms with Gasteiger partial charge in [0.25, 0.3) is 0 Å². The molecule has 0 unspecified atom stereocenters. The van der Waals surface area contributed by atoms with E-state index in [0.29, 0.717) is 12.4 Å². The zero-order valence-corrected chi connectivity index (χ0v) is 21.6. The van der Waals surface area contributed by atoms with Gasteiger partial charge in [0, 0.05) is 34.1 Å². The highest BCUT2D eigenvalue weighted by Gasteiger charge is 2.22. The molecule has 5 rings (SSSR count). The third kappa shape index (κ3) is 6.14. The Bertz CT molecular complexity index is 1460. The van der Waals surface area contributed by atoms with Crippen LogP contribution in [-0.4, -0.2) is 55.5 Å². The van der Waals surface area contributed by atoms with E-state index in [-0.39, 0.29) is 12.1 Å². The Balaban J connectivity index is 1.19. The second-order valence-corrected chi connectivity index (χ2v) is 10.5. The Morgan fingerprint density at radius 2 is 2.00 bits per heavy atom. The number of aromatic nitrogens is 5. The first-order chi connectivity index (χ1) is 18.0. The summed E-state index contributed by atoms with van der Waals surface area (Å²) in [5.74, 6) is 1.39. The molecule has 0 fully saturated rings. The molecule has 5 aromatic rings. The molecule has 0 radical (unpaired) electrons. The van der Waals surface area contributed by atoms with Crippen molar-refractivity contribution in [3.8, 4) is 16.2 Å². The molecule has 0 saturated carbocycles. The molecule has 0 spiro atoms. The van der Waals surface area contributed by atoms with E-state index in [1.54, 1.807) is 11.3 Å². The van der Waals surface area contributed by atoms with Crippen LogP contribution in [0.4, 0.5) is 0 Å². The van der Waals surface area contributed by atoms with Crippen LogP contribution in [0.25, 0.3) is 33.5 Å². The van der Waals surface area contributed by atoms with E-state index in [9.17, 15) is 5.11 Å². The SMILES string of the molecule is CC(C)(Cc1c[nH]c2c(/C=C/c3nnn[nH]3)cccc12)NC[C@H](O)COc1ccccc1-c1cccs1. The van der Waals surface area contributed by atoms with Gasteiger partial charge in [0.1, 0.15) is 18.5 Å². The lowest BCUT2D eigenvalue weighted by Crippen LogP contribution is -2.46. The van der Waals surface area contributed by atoms with Crippen LogP contribution in [0, 0.1) is 0 Å². The number of benzene rings is 2. The van der Waals surface area contributed by atoms with Gasteiger partial charge in [0.2, 0.25) is 0 Å². The van der Waals surface area contributed by atoms with Gasteiger partial charge >= 0.3 is 0 Å². The molecule has 0 amide bonds. The summed E-state index contributed by atoms with van der Waals surface area (Å²) < 4.78 is 6.01. The summed E-state index contributed by atoms with van der Waals surface area (Å²) in [5.41, 5.74) is 4.14. The van der Waals surface area contributed by atoms with Crippen molar-refractivity contribution >= 4 is 34.4 Å². The highest BCUT2D eigenvalue weighted by molar-refractivity contribution is 7.13. The maximum absolute atomic E-state index is 10.7. The maximum atomic E-state index is 10.7. The van der Waals surface area contributed by atoms with Gasteiger partial charge in [-0.15, -0.1) is 16.4 Å². The lowest BCUT2D eigenvalue weighted by Gasteiger charge is -2.28. The molecule has 0 bridgehead atoms. The molecule has 2 aromatic carbocycles. The number of β-amino-alcohol motifs (C(OH)–C–C–N with tert-alkyl or cyclic N) is 1. The van der Waals surface area contributed by atoms with Gasteiger partial charge in [-0.05, 0) is 77.6 Å². The van der Waals surface area contributed by atoms with Gasteiger partial charge in [-0.2, -0.15) is 0 Å². The molecule has 4 N–H and O–H groups in total. The standard InChI is InChI=1S/C28H30N6O2S/c1-28(2,30-17-21(35)18-36-24-10-4-3-8-23(24)25-11-6-14-37-25)15-20-16-29-27-19(7-5-9-22(20)27)12-13-26-31-33-34-32-26/h3-14,16,21,29-30,35H,15,17-18H2,1-2H3,(H,31,32,33,34)/b13-12+/t21-/m0/s1. The van der Waals surface area contributed by atoms with Gasteiger partial charge in [-0.1, -0.05) is 36.4 Å². The van der Waals surface area contributed by atoms with E-state index in [1.807, 2.05) is 48.6 Å². The maximum Gasteiger partial charge on any atom is 0.172 e. The fourth-order valence-corrected chi connectivity index (χ4v) is 5.09. The van der Waals surface area contributed by atoms with E-state index >= 15 is 0 Å². The van der Waals surface area contributed by atoms with Crippen molar-refractivity contribution in [2.45, 2.75) is 31.9 Å². The first-order valence-corrected chi connectivity index (χ1v) is 13.1. The topological polar surface area (TPSA) is 112 Å². The highest BCUT2D eigenvalue weighted by Crippen LogP contribution is 2.33. The first kappa shape index (κ1) is 24.9. The summed E-state index contributed by atoms with van der Waals surface area (Å²) in [4.78, 5) is 4.57. The molecule has 3 heterocycles. The summed E-state index contributed by atoms with van der Waals surface area (Å²) in [6.45, 7) is 4.93. The largest absolute Gasteiger partial charge is 0.490 e. The molecular weight excluding hydrogens is 484 g/mol. The second kappa shape index (κ2) is 11.1. The Labute approximate surface area is 219 Å². The predicted molar refractivity (Wildman–Crippen MR) is 148 cm³/mol. The first-order valence-electron chi connectivity index (χ1n) is 12.2. The van der Waals surface area contributed by atoms with Crippen molar-refractivity contribution in [1.29, 1.82) is 0 Å². The number of nitrogens with one attached hydrogen (secondary N) is 3. The molecule has 9 heteroatoms. The van der Waals surface area contributed by atoms with Gasteiger partial charge in [0.05, 0.1) is 5.52 Å². The number of rotatable bonds is 11. The number of fused-ring (bicyclic) bond motifs is 1. The van der Waals surface area contributed by atoms with Gasteiger partial charge in [-0.3, -0.25) is 0 Å². The average Bonchev–Trinajstić information content (AvgIpc) is 3.68. The second-order valence-electron chi connectivity index (χ2n) is 9.58. The number of thiophene rings is 1. The van der Waals surface area contributed by atoms with Crippen molar-refractivity contribution < 1.29 is 9.84 Å². The summed E-state index contributed by atoms with van der Waals surface area (Å²) >= 11 is 1.67. The van der Waals surface area contributed by atoms with E-state index in [1.165, 1.54) is 10.9 Å². The number of hydrogen-bond donors (Lipinski definition) is 4. The molecule has 0 aliphatic carbocycles. The van der Waals surface area contributed by atoms with Gasteiger partial charge in [-0.25, -0.2) is 5.10 Å². The van der Waals surface area contributed by atoms with Crippen molar-refractivity contribution in [2.24, 2.45) is 0 Å². The molecule has 1 atom stereocenters. The predicted octanol–water partition coefficient (Wildman–Crippen LogP) is 4.93. The Morgan fingerprint density at radius 1 is 1.11 bits per heavy atom. The van der Waals surface area contributed by atoms with E-state index in [4.69, 9.17) is 4.74 Å². The number of aromatic amines is 2. The molecular formula is C28H30N6O2S. The third-order valence-electron chi connectivity index (χ3n) is 6.17. The Morgan fingerprint density at radius 3 is 2.81 bits per heavy atom. The molecule has 0 saturated heterocycles. The van der Waals surface area contributed by atoms with Crippen LogP contribution in [0.3, 0.4) is 0 Å².